The number of aromatic nitrogens is 2. The number of anilines is 1. The van der Waals surface area contributed by atoms with E-state index in [1.807, 2.05) is 0 Å². The molecule has 0 unspecified atom stereocenters. The molecule has 0 radical (unpaired) electrons. The molecule has 1 aromatic rings. The molecule has 1 aliphatic heterocycles. The quantitative estimate of drug-likeness (QED) is 0.643. The van der Waals surface area contributed by atoms with Crippen molar-refractivity contribution in [3.63, 3.8) is 0 Å². The maximum Gasteiger partial charge on any atom is 0.270 e. The highest BCUT2D eigenvalue weighted by Crippen LogP contribution is 2.19. The summed E-state index contributed by atoms with van der Waals surface area (Å²) in [6.45, 7) is 4.89. The lowest BCUT2D eigenvalue weighted by atomic mass is 10.1. The first kappa shape index (κ1) is 13.3. The highest BCUT2D eigenvalue weighted by molar-refractivity contribution is 5.95. The van der Waals surface area contributed by atoms with Gasteiger partial charge >= 0.3 is 0 Å². The van der Waals surface area contributed by atoms with Crippen LogP contribution in [0.1, 0.15) is 28.8 Å². The maximum absolute atomic E-state index is 11.7. The first-order valence-corrected chi connectivity index (χ1v) is 6.22. The van der Waals surface area contributed by atoms with Crippen molar-refractivity contribution < 1.29 is 9.59 Å². The van der Waals surface area contributed by atoms with Gasteiger partial charge in [0.2, 0.25) is 5.91 Å². The van der Waals surface area contributed by atoms with Crippen molar-refractivity contribution in [3.05, 3.63) is 17.1 Å². The fourth-order valence-corrected chi connectivity index (χ4v) is 1.97. The number of nitrogens with one attached hydrogen (secondary N) is 3. The van der Waals surface area contributed by atoms with E-state index in [0.29, 0.717) is 43.4 Å². The van der Waals surface area contributed by atoms with Crippen molar-refractivity contribution in [3.8, 4) is 0 Å². The summed E-state index contributed by atoms with van der Waals surface area (Å²) in [5.74, 6) is 1.01. The topological polar surface area (TPSA) is 96.0 Å². The van der Waals surface area contributed by atoms with Gasteiger partial charge < -0.3 is 16.0 Å². The number of rotatable bonds is 4. The van der Waals surface area contributed by atoms with Crippen molar-refractivity contribution >= 4 is 17.6 Å². The van der Waals surface area contributed by atoms with Crippen LogP contribution in [0, 0.1) is 6.92 Å². The summed E-state index contributed by atoms with van der Waals surface area (Å²) in [6, 6.07) is 0. The number of aryl methyl sites for hydroxylation is 1. The third-order valence-corrected chi connectivity index (χ3v) is 2.79. The zero-order valence-corrected chi connectivity index (χ0v) is 11.0. The molecule has 7 nitrogen and oxygen atoms in total. The molecular weight excluding hydrogens is 246 g/mol. The van der Waals surface area contributed by atoms with Crippen LogP contribution >= 0.6 is 0 Å². The molecule has 0 fully saturated rings. The Kier molecular flexibility index (Phi) is 3.94. The monoisotopic (exact) mass is 263 g/mol. The van der Waals surface area contributed by atoms with Gasteiger partial charge in [0.05, 0.1) is 0 Å². The number of carbonyl (C=O) groups excluding carboxylic acids is 2. The van der Waals surface area contributed by atoms with E-state index in [0.717, 1.165) is 5.56 Å². The Bertz CT molecular complexity index is 515. The summed E-state index contributed by atoms with van der Waals surface area (Å²) in [7, 11) is 0. The van der Waals surface area contributed by atoms with Crippen LogP contribution in [0.5, 0.6) is 0 Å². The van der Waals surface area contributed by atoms with Crippen LogP contribution in [-0.2, 0) is 11.2 Å². The molecule has 0 aliphatic carbocycles. The Hall–Kier alpha value is -2.18. The molecule has 0 atom stereocenters. The minimum absolute atomic E-state index is 0.0675. The summed E-state index contributed by atoms with van der Waals surface area (Å²) in [5.41, 5.74) is 1.29. The molecule has 0 aromatic carbocycles. The van der Waals surface area contributed by atoms with Gasteiger partial charge in [-0.3, -0.25) is 9.59 Å². The number of amides is 2. The summed E-state index contributed by atoms with van der Waals surface area (Å²) >= 11 is 0. The summed E-state index contributed by atoms with van der Waals surface area (Å²) in [5, 5.41) is 8.60. The lowest BCUT2D eigenvalue weighted by molar-refractivity contribution is -0.118. The van der Waals surface area contributed by atoms with Gasteiger partial charge in [0.25, 0.3) is 5.91 Å². The minimum atomic E-state index is -0.156. The predicted octanol–water partition coefficient (Wildman–Crippen LogP) is -0.381. The van der Waals surface area contributed by atoms with Crippen molar-refractivity contribution in [1.82, 2.24) is 20.6 Å². The molecule has 0 saturated heterocycles. The maximum atomic E-state index is 11.7. The molecule has 0 saturated carbocycles. The Morgan fingerprint density at radius 2 is 2.16 bits per heavy atom. The molecule has 1 aliphatic rings. The smallest absolute Gasteiger partial charge is 0.270 e. The number of hydrogen-bond acceptors (Lipinski definition) is 5. The molecule has 3 N–H and O–H groups in total. The average molecular weight is 263 g/mol. The number of carbonyl (C=O) groups is 2. The van der Waals surface area contributed by atoms with E-state index in [4.69, 9.17) is 0 Å². The summed E-state index contributed by atoms with van der Waals surface area (Å²) < 4.78 is 0. The predicted molar refractivity (Wildman–Crippen MR) is 70.0 cm³/mol. The normalized spacial score (nSPS) is 13.5. The van der Waals surface area contributed by atoms with E-state index in [-0.39, 0.29) is 11.8 Å². The van der Waals surface area contributed by atoms with Crippen molar-refractivity contribution in [2.24, 2.45) is 0 Å². The zero-order valence-electron chi connectivity index (χ0n) is 11.0. The fourth-order valence-electron chi connectivity index (χ4n) is 1.97. The lowest BCUT2D eigenvalue weighted by Gasteiger charge is -2.19. The van der Waals surface area contributed by atoms with Crippen molar-refractivity contribution in [2.75, 3.05) is 25.0 Å². The molecule has 2 amide bonds. The first-order valence-electron chi connectivity index (χ1n) is 6.22. The molecule has 2 heterocycles. The van der Waals surface area contributed by atoms with Crippen LogP contribution in [0.4, 0.5) is 5.82 Å². The van der Waals surface area contributed by atoms with Crippen LogP contribution in [0.25, 0.3) is 0 Å². The molecule has 1 aromatic heterocycles. The third kappa shape index (κ3) is 3.18. The highest BCUT2D eigenvalue weighted by atomic mass is 16.2. The van der Waals surface area contributed by atoms with Crippen molar-refractivity contribution in [2.45, 2.75) is 20.3 Å². The molecule has 19 heavy (non-hydrogen) atoms. The summed E-state index contributed by atoms with van der Waals surface area (Å²) in [6.07, 6.45) is 0.712. The van der Waals surface area contributed by atoms with Crippen molar-refractivity contribution in [1.29, 1.82) is 0 Å². The van der Waals surface area contributed by atoms with Gasteiger partial charge in [-0.15, -0.1) is 0 Å². The van der Waals surface area contributed by atoms with Crippen LogP contribution in [-0.4, -0.2) is 41.4 Å². The van der Waals surface area contributed by atoms with Gasteiger partial charge in [-0.1, -0.05) is 0 Å². The van der Waals surface area contributed by atoms with Gasteiger partial charge in [-0.05, 0) is 13.3 Å². The van der Waals surface area contributed by atoms with Crippen LogP contribution in [0.15, 0.2) is 0 Å². The Labute approximate surface area is 111 Å². The lowest BCUT2D eigenvalue weighted by Crippen LogP contribution is -2.34. The number of hydrogen-bond donors (Lipinski definition) is 3. The second kappa shape index (κ2) is 5.64. The molecule has 2 rings (SSSR count). The molecule has 0 bridgehead atoms. The highest BCUT2D eigenvalue weighted by Gasteiger charge is 2.22. The van der Waals surface area contributed by atoms with Gasteiger partial charge in [0.15, 0.2) is 0 Å². The standard InChI is InChI=1S/C12H17N5O2/c1-7-16-10-9(3-4-15-12(10)19)11(17-7)14-6-5-13-8(2)18/h3-6H2,1-2H3,(H,13,18)(H,15,19)(H,14,16,17). The molecule has 0 spiro atoms. The Morgan fingerprint density at radius 3 is 2.89 bits per heavy atom. The van der Waals surface area contributed by atoms with Crippen LogP contribution in [0.3, 0.4) is 0 Å². The van der Waals surface area contributed by atoms with E-state index >= 15 is 0 Å². The summed E-state index contributed by atoms with van der Waals surface area (Å²) in [4.78, 5) is 31.0. The van der Waals surface area contributed by atoms with E-state index in [1.54, 1.807) is 6.92 Å². The largest absolute Gasteiger partial charge is 0.368 e. The SMILES string of the molecule is CC(=O)NCCNc1nc(C)nc2c1CCNC2=O. The fraction of sp³-hybridized carbons (Fsp3) is 0.500. The van der Waals surface area contributed by atoms with Gasteiger partial charge in [0.1, 0.15) is 17.3 Å². The Morgan fingerprint density at radius 1 is 1.37 bits per heavy atom. The molecular formula is C12H17N5O2. The first-order chi connectivity index (χ1) is 9.08. The molecule has 7 heteroatoms. The second-order valence-electron chi connectivity index (χ2n) is 4.36. The van der Waals surface area contributed by atoms with E-state index in [2.05, 4.69) is 25.9 Å². The van der Waals surface area contributed by atoms with Gasteiger partial charge in [-0.2, -0.15) is 0 Å². The Balaban J connectivity index is 2.11. The van der Waals surface area contributed by atoms with Gasteiger partial charge in [-0.25, -0.2) is 9.97 Å². The number of nitrogens with zero attached hydrogens (tertiary/aromatic N) is 2. The number of fused-ring (bicyclic) bond motifs is 1. The van der Waals surface area contributed by atoms with Crippen LogP contribution < -0.4 is 16.0 Å². The van der Waals surface area contributed by atoms with Crippen LogP contribution in [0.2, 0.25) is 0 Å². The minimum Gasteiger partial charge on any atom is -0.368 e. The zero-order chi connectivity index (χ0) is 13.8. The van der Waals surface area contributed by atoms with E-state index < -0.39 is 0 Å². The van der Waals surface area contributed by atoms with E-state index in [1.165, 1.54) is 6.92 Å². The van der Waals surface area contributed by atoms with E-state index in [9.17, 15) is 9.59 Å². The molecule has 102 valence electrons. The average Bonchev–Trinajstić information content (AvgIpc) is 2.35. The third-order valence-electron chi connectivity index (χ3n) is 2.79. The second-order valence-corrected chi connectivity index (χ2v) is 4.36. The van der Waals surface area contributed by atoms with Gasteiger partial charge in [0, 0.05) is 32.1 Å².